The summed E-state index contributed by atoms with van der Waals surface area (Å²) in [6.45, 7) is 6.13. The number of halogens is 1. The number of thioether (sulfide) groups is 1. The van der Waals surface area contributed by atoms with Crippen LogP contribution in [0.2, 0.25) is 0 Å². The lowest BCUT2D eigenvalue weighted by molar-refractivity contribution is 0.479. The van der Waals surface area contributed by atoms with E-state index >= 15 is 0 Å². The van der Waals surface area contributed by atoms with Crippen molar-refractivity contribution in [1.29, 1.82) is 0 Å². The SMILES string of the molecule is CCC(CC)C1CN=C(NCc2ccc(F)cc2)S1. The van der Waals surface area contributed by atoms with E-state index in [-0.39, 0.29) is 5.82 Å². The van der Waals surface area contributed by atoms with Crippen LogP contribution < -0.4 is 5.32 Å². The summed E-state index contributed by atoms with van der Waals surface area (Å²) in [5.74, 6) is 0.559. The van der Waals surface area contributed by atoms with Crippen molar-refractivity contribution >= 4 is 16.9 Å². The van der Waals surface area contributed by atoms with Gasteiger partial charge in [0.15, 0.2) is 5.17 Å². The van der Waals surface area contributed by atoms with E-state index in [1.165, 1.54) is 25.0 Å². The van der Waals surface area contributed by atoms with Gasteiger partial charge in [0.1, 0.15) is 5.82 Å². The van der Waals surface area contributed by atoms with Gasteiger partial charge in [-0.2, -0.15) is 0 Å². The highest BCUT2D eigenvalue weighted by Gasteiger charge is 2.25. The molecule has 1 aliphatic rings. The molecular weight excluding hydrogens is 259 g/mol. The number of nitrogens with one attached hydrogen (secondary N) is 1. The molecular formula is C15H21FN2S. The Morgan fingerprint density at radius 3 is 2.63 bits per heavy atom. The third-order valence-corrected chi connectivity index (χ3v) is 4.94. The van der Waals surface area contributed by atoms with E-state index in [0.29, 0.717) is 11.8 Å². The van der Waals surface area contributed by atoms with Crippen LogP contribution in [0, 0.1) is 11.7 Å². The molecule has 1 heterocycles. The predicted octanol–water partition coefficient (Wildman–Crippen LogP) is 3.82. The highest BCUT2D eigenvalue weighted by atomic mass is 32.2. The third-order valence-electron chi connectivity index (χ3n) is 3.61. The van der Waals surface area contributed by atoms with E-state index in [1.54, 1.807) is 12.1 Å². The molecule has 0 aliphatic carbocycles. The van der Waals surface area contributed by atoms with Crippen LogP contribution >= 0.6 is 11.8 Å². The molecule has 19 heavy (non-hydrogen) atoms. The summed E-state index contributed by atoms with van der Waals surface area (Å²) in [7, 11) is 0. The maximum absolute atomic E-state index is 12.8. The second-order valence-electron chi connectivity index (χ2n) is 4.86. The summed E-state index contributed by atoms with van der Waals surface area (Å²) >= 11 is 1.86. The Morgan fingerprint density at radius 1 is 1.32 bits per heavy atom. The first-order valence-electron chi connectivity index (χ1n) is 6.92. The molecule has 104 valence electrons. The maximum atomic E-state index is 12.8. The largest absolute Gasteiger partial charge is 0.361 e. The highest BCUT2D eigenvalue weighted by Crippen LogP contribution is 2.30. The normalized spacial score (nSPS) is 18.7. The van der Waals surface area contributed by atoms with Gasteiger partial charge in [-0.3, -0.25) is 4.99 Å². The first-order valence-corrected chi connectivity index (χ1v) is 7.80. The van der Waals surface area contributed by atoms with Crippen molar-refractivity contribution in [2.24, 2.45) is 10.9 Å². The highest BCUT2D eigenvalue weighted by molar-refractivity contribution is 8.14. The zero-order valence-electron chi connectivity index (χ0n) is 11.5. The average molecular weight is 280 g/mol. The average Bonchev–Trinajstić information content (AvgIpc) is 2.88. The van der Waals surface area contributed by atoms with Crippen molar-refractivity contribution in [2.45, 2.75) is 38.5 Å². The summed E-state index contributed by atoms with van der Waals surface area (Å²) in [5, 5.41) is 4.99. The topological polar surface area (TPSA) is 24.4 Å². The van der Waals surface area contributed by atoms with Crippen molar-refractivity contribution in [3.8, 4) is 0 Å². The fourth-order valence-corrected chi connectivity index (χ4v) is 3.65. The molecule has 0 aromatic heterocycles. The van der Waals surface area contributed by atoms with Crippen molar-refractivity contribution in [1.82, 2.24) is 5.32 Å². The van der Waals surface area contributed by atoms with Crippen molar-refractivity contribution < 1.29 is 4.39 Å². The Kier molecular flexibility index (Phi) is 5.25. The van der Waals surface area contributed by atoms with Gasteiger partial charge in [-0.1, -0.05) is 50.6 Å². The first-order chi connectivity index (χ1) is 9.22. The number of aliphatic imine (C=N–C) groups is 1. The van der Waals surface area contributed by atoms with E-state index < -0.39 is 0 Å². The third kappa shape index (κ3) is 3.96. The molecule has 1 unspecified atom stereocenters. The van der Waals surface area contributed by atoms with Gasteiger partial charge < -0.3 is 5.32 Å². The predicted molar refractivity (Wildman–Crippen MR) is 81.0 cm³/mol. The molecule has 0 amide bonds. The summed E-state index contributed by atoms with van der Waals surface area (Å²) < 4.78 is 12.8. The Balaban J connectivity index is 1.80. The van der Waals surface area contributed by atoms with Crippen LogP contribution in [-0.4, -0.2) is 17.0 Å². The Hall–Kier alpha value is -1.03. The van der Waals surface area contributed by atoms with Gasteiger partial charge in [-0.15, -0.1) is 0 Å². The molecule has 0 radical (unpaired) electrons. The maximum Gasteiger partial charge on any atom is 0.157 e. The molecule has 1 atom stereocenters. The van der Waals surface area contributed by atoms with Crippen LogP contribution in [-0.2, 0) is 6.54 Å². The molecule has 1 N–H and O–H groups in total. The summed E-state index contributed by atoms with van der Waals surface area (Å²) in [6, 6.07) is 6.60. The van der Waals surface area contributed by atoms with Crippen molar-refractivity contribution in [2.75, 3.05) is 6.54 Å². The van der Waals surface area contributed by atoms with Crippen LogP contribution in [0.5, 0.6) is 0 Å². The number of nitrogens with zero attached hydrogens (tertiary/aromatic N) is 1. The minimum absolute atomic E-state index is 0.190. The molecule has 0 saturated heterocycles. The molecule has 0 bridgehead atoms. The molecule has 0 saturated carbocycles. The lowest BCUT2D eigenvalue weighted by Crippen LogP contribution is -2.21. The molecule has 2 rings (SSSR count). The van der Waals surface area contributed by atoms with E-state index in [1.807, 2.05) is 11.8 Å². The first kappa shape index (κ1) is 14.4. The minimum atomic E-state index is -0.190. The van der Waals surface area contributed by atoms with Gasteiger partial charge in [0.2, 0.25) is 0 Å². The lowest BCUT2D eigenvalue weighted by Gasteiger charge is -2.18. The zero-order chi connectivity index (χ0) is 13.7. The number of amidine groups is 1. The monoisotopic (exact) mass is 280 g/mol. The summed E-state index contributed by atoms with van der Waals surface area (Å²) in [5.41, 5.74) is 1.08. The zero-order valence-corrected chi connectivity index (χ0v) is 12.3. The number of hydrogen-bond acceptors (Lipinski definition) is 3. The van der Waals surface area contributed by atoms with Gasteiger partial charge in [-0.25, -0.2) is 4.39 Å². The number of benzene rings is 1. The lowest BCUT2D eigenvalue weighted by atomic mass is 9.99. The van der Waals surface area contributed by atoms with Gasteiger partial charge in [-0.05, 0) is 23.6 Å². The van der Waals surface area contributed by atoms with Crippen LogP contribution in [0.3, 0.4) is 0 Å². The molecule has 1 aromatic carbocycles. The van der Waals surface area contributed by atoms with Crippen LogP contribution in [0.15, 0.2) is 29.3 Å². The van der Waals surface area contributed by atoms with Crippen molar-refractivity contribution in [3.05, 3.63) is 35.6 Å². The van der Waals surface area contributed by atoms with Gasteiger partial charge in [0, 0.05) is 11.8 Å². The summed E-state index contributed by atoms with van der Waals surface area (Å²) in [6.07, 6.45) is 2.43. The molecule has 0 spiro atoms. The van der Waals surface area contributed by atoms with E-state index in [9.17, 15) is 4.39 Å². The smallest absolute Gasteiger partial charge is 0.157 e. The van der Waals surface area contributed by atoms with Crippen LogP contribution in [0.4, 0.5) is 4.39 Å². The van der Waals surface area contributed by atoms with Gasteiger partial charge in [0.25, 0.3) is 0 Å². The number of hydrogen-bond donors (Lipinski definition) is 1. The molecule has 4 heteroatoms. The van der Waals surface area contributed by atoms with Crippen LogP contribution in [0.1, 0.15) is 32.3 Å². The van der Waals surface area contributed by atoms with Crippen molar-refractivity contribution in [3.63, 3.8) is 0 Å². The minimum Gasteiger partial charge on any atom is -0.361 e. The molecule has 1 aromatic rings. The van der Waals surface area contributed by atoms with E-state index in [4.69, 9.17) is 0 Å². The van der Waals surface area contributed by atoms with Gasteiger partial charge >= 0.3 is 0 Å². The van der Waals surface area contributed by atoms with E-state index in [2.05, 4.69) is 24.2 Å². The second kappa shape index (κ2) is 6.94. The van der Waals surface area contributed by atoms with Crippen LogP contribution in [0.25, 0.3) is 0 Å². The molecule has 2 nitrogen and oxygen atoms in total. The second-order valence-corrected chi connectivity index (χ2v) is 6.09. The fraction of sp³-hybridized carbons (Fsp3) is 0.533. The molecule has 1 aliphatic heterocycles. The Morgan fingerprint density at radius 2 is 2.00 bits per heavy atom. The Bertz CT molecular complexity index is 426. The summed E-state index contributed by atoms with van der Waals surface area (Å²) in [4.78, 5) is 4.56. The number of rotatable bonds is 5. The van der Waals surface area contributed by atoms with E-state index in [0.717, 1.165) is 23.2 Å². The fourth-order valence-electron chi connectivity index (χ4n) is 2.33. The quantitative estimate of drug-likeness (QED) is 0.886. The van der Waals surface area contributed by atoms with Gasteiger partial charge in [0.05, 0.1) is 6.54 Å². The standard InChI is InChI=1S/C15H21FN2S/c1-3-12(4-2)14-10-18-15(19-14)17-9-11-5-7-13(16)8-6-11/h5-8,12,14H,3-4,9-10H2,1-2H3,(H,17,18). The molecule has 0 fully saturated rings. The Labute approximate surface area is 118 Å².